The molecule has 2 heterocycles. The number of esters is 1. The van der Waals surface area contributed by atoms with Crippen molar-refractivity contribution in [3.05, 3.63) is 52.9 Å². The molecule has 5 aliphatic rings. The van der Waals surface area contributed by atoms with E-state index in [1.807, 2.05) is 32.9 Å². The van der Waals surface area contributed by atoms with Crippen LogP contribution in [-0.4, -0.2) is 78.7 Å². The number of amides is 2. The number of aromatic nitrogens is 2. The monoisotopic (exact) mass is 724 g/mol. The van der Waals surface area contributed by atoms with Crippen molar-refractivity contribution in [2.45, 2.75) is 102 Å². The third-order valence-corrected chi connectivity index (χ3v) is 14.0. The molecular weight excluding hydrogens is 679 g/mol. The number of nitrogens with two attached hydrogens (primary N) is 1. The molecule has 3 saturated carbocycles. The molecule has 4 aliphatic carbocycles. The maximum Gasteiger partial charge on any atom is 0.306 e. The Labute approximate surface area is 300 Å². The largest absolute Gasteiger partial charge is 0.449 e. The van der Waals surface area contributed by atoms with Crippen LogP contribution in [0.4, 0.5) is 8.78 Å². The van der Waals surface area contributed by atoms with Crippen LogP contribution in [0.15, 0.2) is 36.0 Å². The van der Waals surface area contributed by atoms with Crippen molar-refractivity contribution in [1.29, 1.82) is 0 Å². The zero-order valence-corrected chi connectivity index (χ0v) is 30.3. The quantitative estimate of drug-likeness (QED) is 0.365. The van der Waals surface area contributed by atoms with Crippen LogP contribution in [-0.2, 0) is 25.5 Å². The normalized spacial score (nSPS) is 36.7. The van der Waals surface area contributed by atoms with Gasteiger partial charge in [-0.05, 0) is 92.5 Å². The van der Waals surface area contributed by atoms with E-state index in [0.29, 0.717) is 61.7 Å². The van der Waals surface area contributed by atoms with Crippen molar-refractivity contribution < 1.29 is 37.8 Å². The Hall–Kier alpha value is -3.58. The summed E-state index contributed by atoms with van der Waals surface area (Å²) in [6, 6.07) is 5.42. The standard InChI is InChI=1S/C38H46F2N4O6S/c1-5-31(46)50-38(34(49)51-20-39)21(2)14-27-26-12-11-24-16-29-23(17-35(24,3)37(26,40)30(45)18-36(27,38)4)19-42-44(29)25-9-6-8-22(15-25)33(48)43-13-7-10-28(43)32(41)47/h6,8-9,15-16,19,21,26-28,30,45H,5,7,10-14,17-18,20H2,1-4H3,(H2,41,47)/t21-,26+,27+,28-,30+,35+,36+,37+,38+/m1/s1. The molecule has 7 rings (SSSR count). The lowest BCUT2D eigenvalue weighted by Crippen LogP contribution is -2.70. The van der Waals surface area contributed by atoms with Gasteiger partial charge >= 0.3 is 5.97 Å². The number of carbonyl (C=O) groups is 4. The van der Waals surface area contributed by atoms with E-state index in [4.69, 9.17) is 10.5 Å². The summed E-state index contributed by atoms with van der Waals surface area (Å²) in [5.74, 6) is -2.92. The van der Waals surface area contributed by atoms with Gasteiger partial charge in [0.25, 0.3) is 5.91 Å². The first-order valence-electron chi connectivity index (χ1n) is 18.0. The third kappa shape index (κ3) is 4.92. The van der Waals surface area contributed by atoms with Crippen molar-refractivity contribution in [1.82, 2.24) is 14.7 Å². The summed E-state index contributed by atoms with van der Waals surface area (Å²) in [6.45, 7) is 7.58. The lowest BCUT2D eigenvalue weighted by molar-refractivity contribution is -0.231. The van der Waals surface area contributed by atoms with E-state index in [0.717, 1.165) is 16.8 Å². The molecule has 274 valence electrons. The second-order valence-electron chi connectivity index (χ2n) is 15.7. The summed E-state index contributed by atoms with van der Waals surface area (Å²) in [5.41, 5.74) is 3.08. The highest BCUT2D eigenvalue weighted by Gasteiger charge is 2.77. The van der Waals surface area contributed by atoms with Gasteiger partial charge in [-0.3, -0.25) is 19.2 Å². The second-order valence-corrected chi connectivity index (χ2v) is 16.5. The molecular formula is C38H46F2N4O6S. The van der Waals surface area contributed by atoms with Gasteiger partial charge in [-0.2, -0.15) is 5.10 Å². The van der Waals surface area contributed by atoms with Crippen molar-refractivity contribution in [3.8, 4) is 5.69 Å². The van der Waals surface area contributed by atoms with Gasteiger partial charge < -0.3 is 20.5 Å². The van der Waals surface area contributed by atoms with E-state index in [1.165, 1.54) is 4.90 Å². The lowest BCUT2D eigenvalue weighted by atomic mass is 9.44. The van der Waals surface area contributed by atoms with E-state index < -0.39 is 75.0 Å². The number of nitrogens with zero attached hydrogens (tertiary/aromatic N) is 3. The van der Waals surface area contributed by atoms with Gasteiger partial charge in [0, 0.05) is 41.2 Å². The van der Waals surface area contributed by atoms with Gasteiger partial charge in [0.05, 0.1) is 23.7 Å². The fourth-order valence-electron chi connectivity index (χ4n) is 10.9. The average Bonchev–Trinajstić information content (AvgIpc) is 3.80. The Morgan fingerprint density at radius 3 is 2.65 bits per heavy atom. The fourth-order valence-corrected chi connectivity index (χ4v) is 11.7. The molecule has 9 atom stereocenters. The Bertz CT molecular complexity index is 1830. The minimum absolute atomic E-state index is 0.0267. The van der Waals surface area contributed by atoms with Crippen LogP contribution < -0.4 is 5.73 Å². The number of carbonyl (C=O) groups excluding carboxylic acids is 4. The number of ether oxygens (including phenoxy) is 1. The van der Waals surface area contributed by atoms with Gasteiger partial charge in [0.15, 0.2) is 5.60 Å². The summed E-state index contributed by atoms with van der Waals surface area (Å²) in [7, 11) is 0. The predicted octanol–water partition coefficient (Wildman–Crippen LogP) is 5.33. The molecule has 1 aliphatic heterocycles. The molecule has 2 amide bonds. The van der Waals surface area contributed by atoms with Crippen molar-refractivity contribution in [2.24, 2.45) is 34.3 Å². The number of aliphatic hydroxyl groups excluding tert-OH is 1. The average molecular weight is 725 g/mol. The topological polar surface area (TPSA) is 145 Å². The highest BCUT2D eigenvalue weighted by molar-refractivity contribution is 8.13. The number of alkyl halides is 2. The summed E-state index contributed by atoms with van der Waals surface area (Å²) < 4.78 is 39.8. The third-order valence-electron chi connectivity index (χ3n) is 13.3. The molecule has 1 saturated heterocycles. The van der Waals surface area contributed by atoms with E-state index in [2.05, 4.69) is 5.10 Å². The maximum absolute atomic E-state index is 18.3. The molecule has 4 fully saturated rings. The summed E-state index contributed by atoms with van der Waals surface area (Å²) in [4.78, 5) is 53.5. The van der Waals surface area contributed by atoms with Crippen molar-refractivity contribution in [3.63, 3.8) is 0 Å². The Balaban J connectivity index is 1.22. The number of aliphatic hydroxyl groups is 1. The number of likely N-dealkylation sites (tertiary alicyclic amines) is 1. The second kappa shape index (κ2) is 12.5. The van der Waals surface area contributed by atoms with Crippen molar-refractivity contribution >= 4 is 40.7 Å². The van der Waals surface area contributed by atoms with Crippen LogP contribution in [0.1, 0.15) is 94.3 Å². The highest BCUT2D eigenvalue weighted by atomic mass is 32.2. The molecule has 0 bridgehead atoms. The molecule has 10 nitrogen and oxygen atoms in total. The van der Waals surface area contributed by atoms with Crippen LogP contribution in [0, 0.1) is 28.6 Å². The van der Waals surface area contributed by atoms with Gasteiger partial charge in [-0.25, -0.2) is 13.5 Å². The molecule has 3 N–H and O–H groups in total. The van der Waals surface area contributed by atoms with Crippen molar-refractivity contribution in [2.75, 3.05) is 12.6 Å². The number of benzene rings is 1. The molecule has 0 radical (unpaired) electrons. The molecule has 1 aromatic heterocycles. The zero-order chi connectivity index (χ0) is 36.7. The van der Waals surface area contributed by atoms with Crippen LogP contribution in [0.2, 0.25) is 0 Å². The van der Waals surface area contributed by atoms with E-state index in [9.17, 15) is 28.7 Å². The van der Waals surface area contributed by atoms with Gasteiger partial charge in [0.2, 0.25) is 11.0 Å². The number of allylic oxidation sites excluding steroid dienone is 1. The molecule has 13 heteroatoms. The first kappa shape index (κ1) is 35.8. The molecule has 0 spiro atoms. The summed E-state index contributed by atoms with van der Waals surface area (Å²) >= 11 is 0.471. The Kier molecular flexibility index (Phi) is 8.80. The van der Waals surface area contributed by atoms with Crippen LogP contribution >= 0.6 is 11.8 Å². The van der Waals surface area contributed by atoms with Crippen LogP contribution in [0.25, 0.3) is 11.8 Å². The number of halogens is 2. The van der Waals surface area contributed by atoms with Crippen LogP contribution in [0.5, 0.6) is 0 Å². The van der Waals surface area contributed by atoms with E-state index >= 15 is 4.39 Å². The minimum Gasteiger partial charge on any atom is -0.449 e. The fraction of sp³-hybridized carbons (Fsp3) is 0.605. The number of primary amides is 1. The predicted molar refractivity (Wildman–Crippen MR) is 187 cm³/mol. The Morgan fingerprint density at radius 1 is 1.18 bits per heavy atom. The first-order valence-corrected chi connectivity index (χ1v) is 19.0. The highest BCUT2D eigenvalue weighted by Crippen LogP contribution is 2.72. The van der Waals surface area contributed by atoms with Gasteiger partial charge in [-0.15, -0.1) is 0 Å². The SMILES string of the molecule is CCC(=O)O[C@]1(C(=O)SCF)[C@H](C)C[C@H]2[C@@H]3CCC4=Cc5c(cnn5-c5cccc(C(=O)N6CCC[C@@H]6C(N)=O)c5)C[C@]4(C)[C@@]3(F)[C@@H](O)C[C@@]21C. The van der Waals surface area contributed by atoms with Gasteiger partial charge in [-0.1, -0.05) is 39.3 Å². The van der Waals surface area contributed by atoms with E-state index in [-0.39, 0.29) is 25.2 Å². The summed E-state index contributed by atoms with van der Waals surface area (Å²) in [6.07, 6.45) is 4.96. The molecule has 51 heavy (non-hydrogen) atoms. The zero-order valence-electron chi connectivity index (χ0n) is 29.5. The molecule has 2 aromatic rings. The minimum atomic E-state index is -2.07. The van der Waals surface area contributed by atoms with E-state index in [1.54, 1.807) is 36.0 Å². The summed E-state index contributed by atoms with van der Waals surface area (Å²) in [5, 5.41) is 16.1. The molecule has 1 aromatic carbocycles. The lowest BCUT2D eigenvalue weighted by Gasteiger charge is -2.63. The maximum atomic E-state index is 18.3. The number of thioether (sulfide) groups is 1. The first-order chi connectivity index (χ1) is 24.2. The number of fused-ring (bicyclic) bond motifs is 6. The van der Waals surface area contributed by atoms with Crippen LogP contribution in [0.3, 0.4) is 0 Å². The van der Waals surface area contributed by atoms with Gasteiger partial charge in [0.1, 0.15) is 17.7 Å². The smallest absolute Gasteiger partial charge is 0.306 e. The number of hydrogen-bond donors (Lipinski definition) is 2. The number of rotatable bonds is 7. The molecule has 0 unspecified atom stereocenters. The Morgan fingerprint density at radius 2 is 1.94 bits per heavy atom. The number of hydrogen-bond acceptors (Lipinski definition) is 8.